The van der Waals surface area contributed by atoms with E-state index >= 15 is 0 Å². The van der Waals surface area contributed by atoms with Gasteiger partial charge in [-0.2, -0.15) is 5.10 Å². The van der Waals surface area contributed by atoms with Crippen LogP contribution >= 0.6 is 0 Å². The topological polar surface area (TPSA) is 33.1 Å². The first-order valence-corrected chi connectivity index (χ1v) is 6.45. The zero-order chi connectivity index (χ0) is 12.2. The highest BCUT2D eigenvalue weighted by molar-refractivity contribution is 5.37. The maximum absolute atomic E-state index is 4.64. The predicted octanol–water partition coefficient (Wildman–Crippen LogP) is 1.34. The second-order valence-electron chi connectivity index (χ2n) is 4.59. The first kappa shape index (κ1) is 11.3. The normalized spacial score (nSPS) is 15.9. The molecule has 0 radical (unpaired) electrons. The molecular formula is C14H18N4. The maximum Gasteiger partial charge on any atom is 0.150 e. The van der Waals surface area contributed by atoms with Gasteiger partial charge in [0.15, 0.2) is 5.82 Å². The van der Waals surface area contributed by atoms with Crippen LogP contribution in [0, 0.1) is 0 Å². The number of piperazine rings is 1. The van der Waals surface area contributed by atoms with E-state index in [-0.39, 0.29) is 0 Å². The molecule has 2 aromatic rings. The third-order valence-corrected chi connectivity index (χ3v) is 3.25. The molecule has 1 aromatic heterocycles. The molecule has 0 spiro atoms. The largest absolute Gasteiger partial charge is 0.353 e. The second kappa shape index (κ2) is 5.23. The Labute approximate surface area is 107 Å². The van der Waals surface area contributed by atoms with Gasteiger partial charge in [-0.25, -0.2) is 0 Å². The van der Waals surface area contributed by atoms with Crippen molar-refractivity contribution in [1.29, 1.82) is 0 Å². The van der Waals surface area contributed by atoms with Crippen molar-refractivity contribution in [3.63, 3.8) is 0 Å². The molecule has 1 fully saturated rings. The summed E-state index contributed by atoms with van der Waals surface area (Å²) < 4.78 is 2.01. The van der Waals surface area contributed by atoms with E-state index < -0.39 is 0 Å². The quantitative estimate of drug-likeness (QED) is 0.881. The fraction of sp³-hybridized carbons (Fsp3) is 0.357. The molecule has 3 rings (SSSR count). The van der Waals surface area contributed by atoms with Crippen molar-refractivity contribution < 1.29 is 0 Å². The molecule has 1 aliphatic heterocycles. The Morgan fingerprint density at radius 3 is 2.61 bits per heavy atom. The lowest BCUT2D eigenvalue weighted by atomic mass is 10.2. The molecule has 0 atom stereocenters. The van der Waals surface area contributed by atoms with Gasteiger partial charge in [0.2, 0.25) is 0 Å². The van der Waals surface area contributed by atoms with Gasteiger partial charge in [-0.3, -0.25) is 4.68 Å². The Bertz CT molecular complexity index is 486. The molecule has 94 valence electrons. The Hall–Kier alpha value is -1.81. The number of hydrogen-bond acceptors (Lipinski definition) is 3. The van der Waals surface area contributed by atoms with Gasteiger partial charge in [0.05, 0.1) is 6.54 Å². The van der Waals surface area contributed by atoms with E-state index in [4.69, 9.17) is 0 Å². The van der Waals surface area contributed by atoms with Crippen LogP contribution in [0.4, 0.5) is 5.82 Å². The average Bonchev–Trinajstić information content (AvgIpc) is 2.89. The standard InChI is InChI=1S/C14H18N4/c1-2-4-13(5-3-1)12-18-9-6-14(16-18)17-10-7-15-8-11-17/h1-6,9,15H,7-8,10-12H2. The minimum absolute atomic E-state index is 0.840. The maximum atomic E-state index is 4.64. The highest BCUT2D eigenvalue weighted by atomic mass is 15.4. The van der Waals surface area contributed by atoms with E-state index in [1.54, 1.807) is 0 Å². The number of hydrogen-bond donors (Lipinski definition) is 1. The molecule has 0 aliphatic carbocycles. The molecule has 0 saturated carbocycles. The predicted molar refractivity (Wildman–Crippen MR) is 72.9 cm³/mol. The highest BCUT2D eigenvalue weighted by Crippen LogP contribution is 2.12. The van der Waals surface area contributed by atoms with Crippen LogP contribution in [0.15, 0.2) is 42.6 Å². The van der Waals surface area contributed by atoms with Crippen molar-refractivity contribution in [3.8, 4) is 0 Å². The number of nitrogens with one attached hydrogen (secondary N) is 1. The van der Waals surface area contributed by atoms with Gasteiger partial charge in [0, 0.05) is 38.4 Å². The van der Waals surface area contributed by atoms with Crippen LogP contribution in [0.3, 0.4) is 0 Å². The summed E-state index contributed by atoms with van der Waals surface area (Å²) in [4.78, 5) is 2.33. The SMILES string of the molecule is c1ccc(Cn2ccc(N3CCNCC3)n2)cc1. The highest BCUT2D eigenvalue weighted by Gasteiger charge is 2.12. The van der Waals surface area contributed by atoms with E-state index in [2.05, 4.69) is 51.8 Å². The third-order valence-electron chi connectivity index (χ3n) is 3.25. The van der Waals surface area contributed by atoms with E-state index in [9.17, 15) is 0 Å². The molecule has 2 heterocycles. The minimum atomic E-state index is 0.840. The Kier molecular flexibility index (Phi) is 3.28. The Morgan fingerprint density at radius 1 is 1.06 bits per heavy atom. The summed E-state index contributed by atoms with van der Waals surface area (Å²) in [7, 11) is 0. The van der Waals surface area contributed by atoms with Crippen molar-refractivity contribution >= 4 is 5.82 Å². The van der Waals surface area contributed by atoms with E-state index in [0.29, 0.717) is 0 Å². The van der Waals surface area contributed by atoms with Crippen molar-refractivity contribution in [2.24, 2.45) is 0 Å². The van der Waals surface area contributed by atoms with Crippen LogP contribution in [-0.4, -0.2) is 36.0 Å². The summed E-state index contributed by atoms with van der Waals surface area (Å²) in [5, 5.41) is 8.00. The van der Waals surface area contributed by atoms with Gasteiger partial charge in [-0.1, -0.05) is 30.3 Å². The molecule has 1 aromatic carbocycles. The summed E-state index contributed by atoms with van der Waals surface area (Å²) >= 11 is 0. The lowest BCUT2D eigenvalue weighted by molar-refractivity contribution is 0.578. The van der Waals surface area contributed by atoms with Gasteiger partial charge in [-0.05, 0) is 5.56 Å². The number of rotatable bonds is 3. The molecular weight excluding hydrogens is 224 g/mol. The number of benzene rings is 1. The average molecular weight is 242 g/mol. The molecule has 18 heavy (non-hydrogen) atoms. The minimum Gasteiger partial charge on any atom is -0.353 e. The number of aromatic nitrogens is 2. The van der Waals surface area contributed by atoms with E-state index in [1.165, 1.54) is 5.56 Å². The Morgan fingerprint density at radius 2 is 1.83 bits per heavy atom. The number of nitrogens with zero attached hydrogens (tertiary/aromatic N) is 3. The van der Waals surface area contributed by atoms with Crippen molar-refractivity contribution in [2.45, 2.75) is 6.54 Å². The first-order chi connectivity index (χ1) is 8.92. The first-order valence-electron chi connectivity index (χ1n) is 6.45. The van der Waals surface area contributed by atoms with Crippen LogP contribution in [0.5, 0.6) is 0 Å². The Balaban J connectivity index is 1.69. The van der Waals surface area contributed by atoms with Gasteiger partial charge in [0.25, 0.3) is 0 Å². The summed E-state index contributed by atoms with van der Waals surface area (Å²) in [6.45, 7) is 5.02. The summed E-state index contributed by atoms with van der Waals surface area (Å²) in [6, 6.07) is 12.5. The molecule has 1 saturated heterocycles. The van der Waals surface area contributed by atoms with Crippen molar-refractivity contribution in [2.75, 3.05) is 31.1 Å². The summed E-state index contributed by atoms with van der Waals surface area (Å²) in [5.74, 6) is 1.09. The fourth-order valence-electron chi connectivity index (χ4n) is 2.27. The molecule has 0 bridgehead atoms. The summed E-state index contributed by atoms with van der Waals surface area (Å²) in [5.41, 5.74) is 1.28. The molecule has 1 aliphatic rings. The molecule has 4 nitrogen and oxygen atoms in total. The lowest BCUT2D eigenvalue weighted by Gasteiger charge is -2.27. The van der Waals surface area contributed by atoms with Crippen LogP contribution < -0.4 is 10.2 Å². The van der Waals surface area contributed by atoms with E-state index in [1.807, 2.05) is 10.7 Å². The van der Waals surface area contributed by atoms with Crippen LogP contribution in [-0.2, 0) is 6.54 Å². The van der Waals surface area contributed by atoms with Gasteiger partial charge >= 0.3 is 0 Å². The van der Waals surface area contributed by atoms with Crippen LogP contribution in [0.1, 0.15) is 5.56 Å². The smallest absolute Gasteiger partial charge is 0.150 e. The monoisotopic (exact) mass is 242 g/mol. The zero-order valence-corrected chi connectivity index (χ0v) is 10.4. The van der Waals surface area contributed by atoms with Crippen LogP contribution in [0.2, 0.25) is 0 Å². The molecule has 0 unspecified atom stereocenters. The molecule has 0 amide bonds. The molecule has 4 heteroatoms. The van der Waals surface area contributed by atoms with Gasteiger partial charge in [-0.15, -0.1) is 0 Å². The zero-order valence-electron chi connectivity index (χ0n) is 10.4. The third kappa shape index (κ3) is 2.54. The van der Waals surface area contributed by atoms with Crippen molar-refractivity contribution in [1.82, 2.24) is 15.1 Å². The van der Waals surface area contributed by atoms with Crippen molar-refractivity contribution in [3.05, 3.63) is 48.2 Å². The lowest BCUT2D eigenvalue weighted by Crippen LogP contribution is -2.43. The van der Waals surface area contributed by atoms with E-state index in [0.717, 1.165) is 38.5 Å². The second-order valence-corrected chi connectivity index (χ2v) is 4.59. The van der Waals surface area contributed by atoms with Crippen LogP contribution in [0.25, 0.3) is 0 Å². The van der Waals surface area contributed by atoms with Gasteiger partial charge in [0.1, 0.15) is 0 Å². The number of anilines is 1. The summed E-state index contributed by atoms with van der Waals surface area (Å²) in [6.07, 6.45) is 2.06. The fourth-order valence-corrected chi connectivity index (χ4v) is 2.27. The molecule has 1 N–H and O–H groups in total. The van der Waals surface area contributed by atoms with Gasteiger partial charge < -0.3 is 10.2 Å².